The molecule has 8 nitrogen and oxygen atoms in total. The molecular formula is C17H20N4O4. The molecule has 1 aromatic carbocycles. The fourth-order valence-electron chi connectivity index (χ4n) is 3.08. The molecule has 0 bridgehead atoms. The van der Waals surface area contributed by atoms with Crippen molar-refractivity contribution in [3.63, 3.8) is 0 Å². The second-order valence-corrected chi connectivity index (χ2v) is 6.05. The smallest absolute Gasteiger partial charge is 0.324 e. The maximum Gasteiger partial charge on any atom is 0.324 e. The molecule has 0 radical (unpaired) electrons. The number of rotatable bonds is 3. The van der Waals surface area contributed by atoms with Crippen molar-refractivity contribution in [2.24, 2.45) is 0 Å². The number of anilines is 1. The Balaban J connectivity index is 1.68. The first kappa shape index (κ1) is 16.9. The number of nitrogens with one attached hydrogen (secondary N) is 1. The number of imide groups is 1. The number of hydrogen-bond donors (Lipinski definition) is 1. The van der Waals surface area contributed by atoms with Gasteiger partial charge in [0.25, 0.3) is 0 Å². The van der Waals surface area contributed by atoms with Gasteiger partial charge in [0.05, 0.1) is 0 Å². The first-order valence-corrected chi connectivity index (χ1v) is 8.23. The van der Waals surface area contributed by atoms with E-state index in [-0.39, 0.29) is 31.3 Å². The normalized spacial score (nSPS) is 21.4. The largest absolute Gasteiger partial charge is 0.337 e. The average Bonchev–Trinajstić information content (AvgIpc) is 2.61. The van der Waals surface area contributed by atoms with Crippen LogP contribution < -0.4 is 10.2 Å². The molecule has 0 aromatic heterocycles. The molecule has 3 rings (SSSR count). The number of piperazine rings is 1. The Kier molecular flexibility index (Phi) is 4.69. The van der Waals surface area contributed by atoms with Crippen molar-refractivity contribution in [3.05, 3.63) is 30.3 Å². The number of urea groups is 1. The van der Waals surface area contributed by atoms with Crippen LogP contribution in [0.15, 0.2) is 30.3 Å². The SMILES string of the molecule is C[C@H]1C(=O)N(c2ccccc2)CCN1C(=O)CN1C(=O)CCNC1=O. The molecule has 132 valence electrons. The van der Waals surface area contributed by atoms with Crippen LogP contribution in [-0.2, 0) is 14.4 Å². The minimum atomic E-state index is -0.649. The summed E-state index contributed by atoms with van der Waals surface area (Å²) >= 11 is 0. The third kappa shape index (κ3) is 3.33. The highest BCUT2D eigenvalue weighted by Crippen LogP contribution is 2.20. The van der Waals surface area contributed by atoms with Crippen LogP contribution in [0.4, 0.5) is 10.5 Å². The molecule has 8 heteroatoms. The molecule has 1 atom stereocenters. The van der Waals surface area contributed by atoms with E-state index in [4.69, 9.17) is 0 Å². The molecular weight excluding hydrogens is 324 g/mol. The van der Waals surface area contributed by atoms with Crippen LogP contribution in [0.5, 0.6) is 0 Å². The summed E-state index contributed by atoms with van der Waals surface area (Å²) in [6, 6.07) is 8.06. The van der Waals surface area contributed by atoms with E-state index in [0.717, 1.165) is 10.6 Å². The lowest BCUT2D eigenvalue weighted by Crippen LogP contribution is -2.60. The van der Waals surface area contributed by atoms with Gasteiger partial charge in [-0.3, -0.25) is 19.3 Å². The first-order valence-electron chi connectivity index (χ1n) is 8.23. The lowest BCUT2D eigenvalue weighted by molar-refractivity contribution is -0.144. The van der Waals surface area contributed by atoms with E-state index in [1.165, 1.54) is 4.90 Å². The quantitative estimate of drug-likeness (QED) is 0.848. The zero-order valence-electron chi connectivity index (χ0n) is 14.0. The van der Waals surface area contributed by atoms with Crippen LogP contribution in [0.1, 0.15) is 13.3 Å². The van der Waals surface area contributed by atoms with E-state index in [9.17, 15) is 19.2 Å². The van der Waals surface area contributed by atoms with Crippen LogP contribution in [0.25, 0.3) is 0 Å². The number of benzene rings is 1. The fourth-order valence-corrected chi connectivity index (χ4v) is 3.08. The minimum Gasteiger partial charge on any atom is -0.337 e. The molecule has 1 aromatic rings. The van der Waals surface area contributed by atoms with Gasteiger partial charge >= 0.3 is 6.03 Å². The Labute approximate surface area is 145 Å². The number of nitrogens with zero attached hydrogens (tertiary/aromatic N) is 3. The van der Waals surface area contributed by atoms with Crippen molar-refractivity contribution >= 4 is 29.4 Å². The van der Waals surface area contributed by atoms with Gasteiger partial charge in [0.2, 0.25) is 17.7 Å². The van der Waals surface area contributed by atoms with E-state index in [1.54, 1.807) is 11.8 Å². The van der Waals surface area contributed by atoms with Crippen LogP contribution >= 0.6 is 0 Å². The number of para-hydroxylation sites is 1. The van der Waals surface area contributed by atoms with Crippen molar-refractivity contribution in [2.45, 2.75) is 19.4 Å². The zero-order valence-corrected chi connectivity index (χ0v) is 14.0. The molecule has 5 amide bonds. The van der Waals surface area contributed by atoms with Crippen molar-refractivity contribution in [2.75, 3.05) is 31.1 Å². The van der Waals surface area contributed by atoms with E-state index < -0.39 is 18.0 Å². The van der Waals surface area contributed by atoms with Gasteiger partial charge in [-0.15, -0.1) is 0 Å². The average molecular weight is 344 g/mol. The van der Waals surface area contributed by atoms with Gasteiger partial charge in [-0.2, -0.15) is 0 Å². The topological polar surface area (TPSA) is 90.0 Å². The summed E-state index contributed by atoms with van der Waals surface area (Å²) in [6.07, 6.45) is 0.176. The summed E-state index contributed by atoms with van der Waals surface area (Å²) in [5.41, 5.74) is 0.789. The van der Waals surface area contributed by atoms with E-state index >= 15 is 0 Å². The monoisotopic (exact) mass is 344 g/mol. The van der Waals surface area contributed by atoms with Gasteiger partial charge < -0.3 is 15.1 Å². The molecule has 0 spiro atoms. The molecule has 2 saturated heterocycles. The molecule has 2 fully saturated rings. The lowest BCUT2D eigenvalue weighted by atomic mass is 10.1. The Bertz CT molecular complexity index is 690. The number of amides is 5. The predicted molar refractivity (Wildman–Crippen MR) is 89.7 cm³/mol. The van der Waals surface area contributed by atoms with Crippen LogP contribution in [0, 0.1) is 0 Å². The van der Waals surface area contributed by atoms with E-state index in [2.05, 4.69) is 5.32 Å². The minimum absolute atomic E-state index is 0.176. The number of carbonyl (C=O) groups is 4. The molecule has 25 heavy (non-hydrogen) atoms. The summed E-state index contributed by atoms with van der Waals surface area (Å²) in [7, 11) is 0. The molecule has 0 unspecified atom stereocenters. The summed E-state index contributed by atoms with van der Waals surface area (Å²) in [4.78, 5) is 52.7. The van der Waals surface area contributed by atoms with E-state index in [0.29, 0.717) is 13.1 Å². The predicted octanol–water partition coefficient (Wildman–Crippen LogP) is 0.192. The van der Waals surface area contributed by atoms with Crippen molar-refractivity contribution in [1.29, 1.82) is 0 Å². The van der Waals surface area contributed by atoms with Gasteiger partial charge in [0.1, 0.15) is 12.6 Å². The lowest BCUT2D eigenvalue weighted by Gasteiger charge is -2.40. The maximum atomic E-state index is 12.6. The second kappa shape index (κ2) is 6.92. The van der Waals surface area contributed by atoms with Crippen LogP contribution in [0.2, 0.25) is 0 Å². The Morgan fingerprint density at radius 1 is 1.16 bits per heavy atom. The maximum absolute atomic E-state index is 12.6. The van der Waals surface area contributed by atoms with E-state index in [1.807, 2.05) is 30.3 Å². The summed E-state index contributed by atoms with van der Waals surface area (Å²) in [5, 5.41) is 2.54. The zero-order chi connectivity index (χ0) is 18.0. The standard InChI is InChI=1S/C17H20N4O4/c1-12-16(24)20(13-5-3-2-4-6-13)10-9-19(12)15(23)11-21-14(22)7-8-18-17(21)25/h2-6,12H,7-11H2,1H3,(H,18,25)/t12-/m0/s1. The third-order valence-corrected chi connectivity index (χ3v) is 4.50. The molecule has 2 aliphatic rings. The van der Waals surface area contributed by atoms with Crippen LogP contribution in [0.3, 0.4) is 0 Å². The van der Waals surface area contributed by atoms with Gasteiger partial charge in [0.15, 0.2) is 0 Å². The summed E-state index contributed by atoms with van der Waals surface area (Å²) in [6.45, 7) is 2.33. The Hall–Kier alpha value is -2.90. The van der Waals surface area contributed by atoms with Gasteiger partial charge in [0, 0.05) is 31.7 Å². The highest BCUT2D eigenvalue weighted by molar-refractivity contribution is 6.03. The molecule has 2 heterocycles. The van der Waals surface area contributed by atoms with Gasteiger partial charge in [-0.25, -0.2) is 4.79 Å². The first-order chi connectivity index (χ1) is 12.0. The van der Waals surface area contributed by atoms with Crippen molar-refractivity contribution < 1.29 is 19.2 Å². The second-order valence-electron chi connectivity index (χ2n) is 6.05. The Morgan fingerprint density at radius 2 is 1.88 bits per heavy atom. The highest BCUT2D eigenvalue weighted by atomic mass is 16.2. The molecule has 1 N–H and O–H groups in total. The number of hydrogen-bond acceptors (Lipinski definition) is 4. The Morgan fingerprint density at radius 3 is 2.56 bits per heavy atom. The number of carbonyl (C=O) groups excluding carboxylic acids is 4. The molecule has 0 aliphatic carbocycles. The molecule has 2 aliphatic heterocycles. The van der Waals surface area contributed by atoms with Gasteiger partial charge in [-0.1, -0.05) is 18.2 Å². The van der Waals surface area contributed by atoms with Crippen molar-refractivity contribution in [1.82, 2.24) is 15.1 Å². The third-order valence-electron chi connectivity index (χ3n) is 4.50. The van der Waals surface area contributed by atoms with Crippen LogP contribution in [-0.4, -0.2) is 65.8 Å². The van der Waals surface area contributed by atoms with Crippen molar-refractivity contribution in [3.8, 4) is 0 Å². The van der Waals surface area contributed by atoms with Gasteiger partial charge in [-0.05, 0) is 19.1 Å². The summed E-state index contributed by atoms with van der Waals surface area (Å²) < 4.78 is 0. The summed E-state index contributed by atoms with van der Waals surface area (Å²) in [5.74, 6) is -0.960. The fraction of sp³-hybridized carbons (Fsp3) is 0.412. The highest BCUT2D eigenvalue weighted by Gasteiger charge is 2.37. The molecule has 0 saturated carbocycles.